The molecule has 0 saturated heterocycles. The van der Waals surface area contributed by atoms with Gasteiger partial charge in [0.05, 0.1) is 0 Å². The second kappa shape index (κ2) is 4.16. The maximum absolute atomic E-state index is 10.6. The average molecular weight is 184 g/mol. The van der Waals surface area contributed by atoms with Crippen molar-refractivity contribution in [3.05, 3.63) is 24.3 Å². The molecule has 0 aliphatic rings. The highest BCUT2D eigenvalue weighted by atomic mass is 32.2. The summed E-state index contributed by atoms with van der Waals surface area (Å²) in [6.45, 7) is 1.40. The fourth-order valence-corrected chi connectivity index (χ4v) is 1.38. The predicted molar refractivity (Wildman–Crippen MR) is 49.5 cm³/mol. The van der Waals surface area contributed by atoms with Crippen LogP contribution in [0.2, 0.25) is 0 Å². The summed E-state index contributed by atoms with van der Waals surface area (Å²) >= 11 is 1.56. The highest BCUT2D eigenvalue weighted by Crippen LogP contribution is 2.26. The van der Waals surface area contributed by atoms with Crippen LogP contribution < -0.4 is 4.74 Å². The van der Waals surface area contributed by atoms with E-state index in [4.69, 9.17) is 4.74 Å². The fourth-order valence-electron chi connectivity index (χ4n) is 0.858. The molecule has 0 radical (unpaired) electrons. The van der Waals surface area contributed by atoms with E-state index in [2.05, 4.69) is 0 Å². The van der Waals surface area contributed by atoms with E-state index in [-0.39, 0.29) is 5.97 Å². The Balaban J connectivity index is 2.89. The molecule has 0 fully saturated rings. The minimum Gasteiger partial charge on any atom is -0.426 e. The van der Waals surface area contributed by atoms with Crippen LogP contribution in [0.1, 0.15) is 6.92 Å². The number of carbonyl (C=O) groups excluding carboxylic acids is 1. The van der Waals surface area contributed by atoms with Crippen LogP contribution in [0, 0.1) is 0 Å². The standard InChI is InChI=1S/C9H10O2S/c1-7(10)11-8-5-3-4-6-9(8)12-2/h3-6H,1-2H3/i1+2. The van der Waals surface area contributed by atoms with Gasteiger partial charge < -0.3 is 4.74 Å². The number of hydrogen-bond acceptors (Lipinski definition) is 3. The van der Waals surface area contributed by atoms with Crippen LogP contribution in [0.15, 0.2) is 29.2 Å². The number of carbonyl (C=O) groups is 1. The molecule has 0 spiro atoms. The number of esters is 1. The van der Waals surface area contributed by atoms with Crippen molar-refractivity contribution in [3.8, 4) is 5.75 Å². The van der Waals surface area contributed by atoms with Gasteiger partial charge in [-0.15, -0.1) is 11.8 Å². The van der Waals surface area contributed by atoms with Gasteiger partial charge in [0.15, 0.2) is 0 Å². The van der Waals surface area contributed by atoms with Crippen LogP contribution in [-0.2, 0) is 4.79 Å². The van der Waals surface area contributed by atoms with E-state index in [1.54, 1.807) is 17.8 Å². The molecule has 0 N–H and O–H groups in total. The topological polar surface area (TPSA) is 26.3 Å². The zero-order chi connectivity index (χ0) is 8.97. The number of ether oxygens (including phenoxy) is 1. The van der Waals surface area contributed by atoms with E-state index in [0.29, 0.717) is 5.75 Å². The zero-order valence-electron chi connectivity index (χ0n) is 7.03. The van der Waals surface area contributed by atoms with Crippen molar-refractivity contribution in [3.63, 3.8) is 0 Å². The van der Waals surface area contributed by atoms with Gasteiger partial charge in [-0.25, -0.2) is 0 Å². The van der Waals surface area contributed by atoms with Gasteiger partial charge in [-0.3, -0.25) is 4.79 Å². The fraction of sp³-hybridized carbons (Fsp3) is 0.222. The molecular weight excluding hydrogens is 174 g/mol. The Kier molecular flexibility index (Phi) is 3.17. The molecule has 0 aliphatic carbocycles. The molecule has 0 heterocycles. The normalized spacial score (nSPS) is 9.50. The van der Waals surface area contributed by atoms with Crippen LogP contribution in [0.5, 0.6) is 5.75 Å². The summed E-state index contributed by atoms with van der Waals surface area (Å²) in [4.78, 5) is 11.6. The lowest BCUT2D eigenvalue weighted by atomic mass is 10.3. The molecule has 64 valence electrons. The zero-order valence-corrected chi connectivity index (χ0v) is 7.85. The second-order valence-corrected chi connectivity index (χ2v) is 3.09. The second-order valence-electron chi connectivity index (χ2n) is 2.24. The number of hydrogen-bond donors (Lipinski definition) is 0. The lowest BCUT2D eigenvalue weighted by Crippen LogP contribution is -2.01. The molecule has 0 aromatic heterocycles. The van der Waals surface area contributed by atoms with E-state index in [1.807, 2.05) is 24.5 Å². The van der Waals surface area contributed by atoms with E-state index >= 15 is 0 Å². The van der Waals surface area contributed by atoms with Gasteiger partial charge in [0.25, 0.3) is 0 Å². The van der Waals surface area contributed by atoms with Gasteiger partial charge in [0.1, 0.15) is 5.75 Å². The number of benzene rings is 1. The van der Waals surface area contributed by atoms with E-state index in [0.717, 1.165) is 4.90 Å². The van der Waals surface area contributed by atoms with Crippen molar-refractivity contribution in [2.24, 2.45) is 0 Å². The van der Waals surface area contributed by atoms with Crippen molar-refractivity contribution in [2.45, 2.75) is 11.8 Å². The third-order valence-electron chi connectivity index (χ3n) is 1.32. The minimum absolute atomic E-state index is 0.281. The number of para-hydroxylation sites is 1. The molecule has 0 unspecified atom stereocenters. The summed E-state index contributed by atoms with van der Waals surface area (Å²) in [6.07, 6.45) is 1.95. The van der Waals surface area contributed by atoms with Gasteiger partial charge in [-0.1, -0.05) is 12.1 Å². The smallest absolute Gasteiger partial charge is 0.308 e. The monoisotopic (exact) mass is 184 g/mol. The Morgan fingerprint density at radius 1 is 1.50 bits per heavy atom. The molecule has 1 rings (SSSR count). The van der Waals surface area contributed by atoms with E-state index < -0.39 is 0 Å². The van der Waals surface area contributed by atoms with Crippen LogP contribution in [0.4, 0.5) is 0 Å². The molecular formula is C9H10O2S. The van der Waals surface area contributed by atoms with Crippen molar-refractivity contribution < 1.29 is 9.53 Å². The molecule has 0 saturated carbocycles. The maximum atomic E-state index is 10.6. The highest BCUT2D eigenvalue weighted by Gasteiger charge is 2.02. The Labute approximate surface area is 75.9 Å². The first-order chi connectivity index (χ1) is 5.74. The number of thioether (sulfide) groups is 1. The lowest BCUT2D eigenvalue weighted by Gasteiger charge is -2.04. The molecule has 2 nitrogen and oxygen atoms in total. The van der Waals surface area contributed by atoms with Gasteiger partial charge in [-0.2, -0.15) is 0 Å². The summed E-state index contributed by atoms with van der Waals surface area (Å²) in [5.41, 5.74) is 0. The van der Waals surface area contributed by atoms with Crippen molar-refractivity contribution >= 4 is 17.7 Å². The highest BCUT2D eigenvalue weighted by molar-refractivity contribution is 7.98. The largest absolute Gasteiger partial charge is 0.426 e. The van der Waals surface area contributed by atoms with Crippen LogP contribution in [0.3, 0.4) is 0 Å². The summed E-state index contributed by atoms with van der Waals surface area (Å²) in [5, 5.41) is 0. The molecule has 12 heavy (non-hydrogen) atoms. The molecule has 0 bridgehead atoms. The van der Waals surface area contributed by atoms with Gasteiger partial charge in [0, 0.05) is 11.8 Å². The van der Waals surface area contributed by atoms with E-state index in [9.17, 15) is 4.79 Å². The molecule has 3 heteroatoms. The minimum atomic E-state index is -0.281. The molecule has 1 aromatic carbocycles. The van der Waals surface area contributed by atoms with Crippen molar-refractivity contribution in [1.82, 2.24) is 0 Å². The summed E-state index contributed by atoms with van der Waals surface area (Å²) < 4.78 is 4.98. The molecule has 0 aliphatic heterocycles. The first-order valence-electron chi connectivity index (χ1n) is 3.55. The Hall–Kier alpha value is -0.960. The molecule has 0 atom stereocenters. The molecule has 0 amide bonds. The van der Waals surface area contributed by atoms with Crippen LogP contribution in [-0.4, -0.2) is 12.2 Å². The van der Waals surface area contributed by atoms with Crippen molar-refractivity contribution in [2.75, 3.05) is 6.26 Å². The predicted octanol–water partition coefficient (Wildman–Crippen LogP) is 2.33. The lowest BCUT2D eigenvalue weighted by molar-refractivity contribution is -0.132. The first kappa shape index (κ1) is 9.13. The van der Waals surface area contributed by atoms with Crippen LogP contribution >= 0.6 is 11.8 Å². The average Bonchev–Trinajstić information content (AvgIpc) is 2.04. The first-order valence-corrected chi connectivity index (χ1v) is 4.78. The number of rotatable bonds is 2. The van der Waals surface area contributed by atoms with Crippen LogP contribution in [0.25, 0.3) is 0 Å². The maximum Gasteiger partial charge on any atom is 0.308 e. The van der Waals surface area contributed by atoms with Gasteiger partial charge in [0.2, 0.25) is 0 Å². The Bertz CT molecular complexity index is 284. The summed E-state index contributed by atoms with van der Waals surface area (Å²) in [5.74, 6) is 0.356. The van der Waals surface area contributed by atoms with Gasteiger partial charge in [-0.05, 0) is 18.4 Å². The van der Waals surface area contributed by atoms with E-state index in [1.165, 1.54) is 6.92 Å². The third kappa shape index (κ3) is 2.27. The molecule has 1 aromatic rings. The summed E-state index contributed by atoms with van der Waals surface area (Å²) in [7, 11) is 0. The Morgan fingerprint density at radius 3 is 2.75 bits per heavy atom. The third-order valence-corrected chi connectivity index (χ3v) is 2.10. The van der Waals surface area contributed by atoms with Crippen molar-refractivity contribution in [1.29, 1.82) is 0 Å². The van der Waals surface area contributed by atoms with Gasteiger partial charge >= 0.3 is 5.97 Å². The SMILES string of the molecule is CSc1ccccc1OC([14CH3])=O. The quantitative estimate of drug-likeness (QED) is 0.401. The summed E-state index contributed by atoms with van der Waals surface area (Å²) in [6, 6.07) is 7.47. The Morgan fingerprint density at radius 2 is 2.17 bits per heavy atom.